The van der Waals surface area contributed by atoms with E-state index in [0.29, 0.717) is 0 Å². The third kappa shape index (κ3) is 141. The molecule has 0 heterocycles. The molecule has 0 unspecified atom stereocenters. The van der Waals surface area contributed by atoms with Crippen LogP contribution in [0.25, 0.3) is 0 Å². The highest BCUT2D eigenvalue weighted by Gasteiger charge is 1.86. The number of rotatable bonds is 0. The van der Waals surface area contributed by atoms with Crippen molar-refractivity contribution in [1.29, 1.82) is 0 Å². The maximum atomic E-state index is 10.9. The lowest BCUT2D eigenvalue weighted by atomic mass is 12.0. The molecule has 0 N–H and O–H groups in total. The van der Waals surface area contributed by atoms with Crippen molar-refractivity contribution in [2.24, 2.45) is 0 Å². The fourth-order valence-corrected chi connectivity index (χ4v) is 0. The first-order valence-corrected chi connectivity index (χ1v) is 4.00. The molecular weight excluding hydrogens is 114 g/mol. The van der Waals surface area contributed by atoms with E-state index in [2.05, 4.69) is 11.2 Å². The van der Waals surface area contributed by atoms with Crippen LogP contribution in [0, 0.1) is 0 Å². The van der Waals surface area contributed by atoms with E-state index in [1.165, 1.54) is 0 Å². The van der Waals surface area contributed by atoms with Crippen LogP contribution in [-0.2, 0) is 20.5 Å². The van der Waals surface area contributed by atoms with Crippen LogP contribution in [0.1, 0.15) is 0 Å². The van der Waals surface area contributed by atoms with E-state index >= 15 is 0 Å². The predicted octanol–water partition coefficient (Wildman–Crippen LogP) is 0.733. The molecule has 0 rings (SSSR count). The Morgan fingerprint density at radius 3 is 1.60 bits per heavy atom. The molecule has 0 aromatic heterocycles. The van der Waals surface area contributed by atoms with Crippen LogP contribution in [-0.4, -0.2) is 6.26 Å². The van der Waals surface area contributed by atoms with Gasteiger partial charge in [-0.25, -0.2) is 0 Å². The molecule has 0 atom stereocenters. The van der Waals surface area contributed by atoms with Crippen LogP contribution in [0.3, 0.4) is 0 Å². The second-order valence-corrected chi connectivity index (χ2v) is 4.09. The Morgan fingerprint density at radius 1 is 1.60 bits per heavy atom. The van der Waals surface area contributed by atoms with E-state index < -0.39 is 9.36 Å². The minimum atomic E-state index is -3.81. The van der Waals surface area contributed by atoms with Gasteiger partial charge in [0, 0.05) is 15.6 Å². The summed E-state index contributed by atoms with van der Waals surface area (Å²) < 4.78 is 21.9. The molecule has 0 aliphatic rings. The molecule has 0 spiro atoms. The lowest BCUT2D eigenvalue weighted by molar-refractivity contribution is 0.776. The summed E-state index contributed by atoms with van der Waals surface area (Å²) in [7, 11) is -3.81. The smallest absolute Gasteiger partial charge is 0.0482 e. The molecule has 0 saturated heterocycles. The number of hydrogen-bond acceptors (Lipinski definition) is 1. The zero-order valence-electron chi connectivity index (χ0n) is 2.61. The van der Waals surface area contributed by atoms with Crippen LogP contribution in [0.4, 0.5) is 7.77 Å². The summed E-state index contributed by atoms with van der Waals surface area (Å²) in [5.41, 5.74) is 0. The van der Waals surface area contributed by atoms with Crippen molar-refractivity contribution < 1.29 is 7.77 Å². The van der Waals surface area contributed by atoms with Crippen LogP contribution in [0.2, 0.25) is 0 Å². The fourth-order valence-electron chi connectivity index (χ4n) is 0. The number of halogens is 2. The maximum absolute atomic E-state index is 10.9. The van der Waals surface area contributed by atoms with E-state index in [4.69, 9.17) is 0 Å². The second kappa shape index (κ2) is 1.26. The monoisotopic (exact) mass is 118 g/mol. The standard InChI is InChI=1S/CH4F2S2/c1-5(2,3)4/h5H,1H3. The van der Waals surface area contributed by atoms with Gasteiger partial charge in [0.2, 0.25) is 0 Å². The summed E-state index contributed by atoms with van der Waals surface area (Å²) in [6.07, 6.45) is 0.780. The highest BCUT2D eigenvalue weighted by atomic mass is 32.9. The average molecular weight is 118 g/mol. The summed E-state index contributed by atoms with van der Waals surface area (Å²) in [4.78, 5) is 0. The van der Waals surface area contributed by atoms with Gasteiger partial charge in [-0.2, -0.15) is 7.77 Å². The Hall–Kier alpha value is 0.430. The van der Waals surface area contributed by atoms with E-state index in [1.807, 2.05) is 0 Å². The molecule has 0 saturated carbocycles. The van der Waals surface area contributed by atoms with Gasteiger partial charge in [0.15, 0.2) is 0 Å². The molecule has 5 heavy (non-hydrogen) atoms. The van der Waals surface area contributed by atoms with Gasteiger partial charge < -0.3 is 0 Å². The van der Waals surface area contributed by atoms with Crippen molar-refractivity contribution in [2.45, 2.75) is 0 Å². The van der Waals surface area contributed by atoms with Gasteiger partial charge in [-0.05, 0) is 11.2 Å². The normalized spacial score (nSPS) is 15.0. The minimum Gasteiger partial charge on any atom is -0.159 e. The van der Waals surface area contributed by atoms with Crippen molar-refractivity contribution >= 4 is 20.5 Å². The first-order valence-electron chi connectivity index (χ1n) is 0.968. The topological polar surface area (TPSA) is 0 Å². The Morgan fingerprint density at radius 2 is 1.60 bits per heavy atom. The Balaban J connectivity index is 3.47. The highest BCUT2D eigenvalue weighted by molar-refractivity contribution is 8.34. The molecule has 4 heteroatoms. The molecule has 0 aliphatic carbocycles. The van der Waals surface area contributed by atoms with Crippen molar-refractivity contribution in [3.8, 4) is 0 Å². The SMILES string of the molecule is C[SH](F)(F)=S. The molecular formula is CH4F2S2. The quantitative estimate of drug-likeness (QED) is 0.361. The third-order valence-corrected chi connectivity index (χ3v) is 0. The largest absolute Gasteiger partial charge is 0.159 e. The molecule has 0 radical (unpaired) electrons. The zero-order valence-corrected chi connectivity index (χ0v) is 4.32. The molecule has 0 nitrogen and oxygen atoms in total. The zero-order chi connectivity index (χ0) is 4.50. The van der Waals surface area contributed by atoms with Gasteiger partial charge in [-0.15, -0.1) is 0 Å². The van der Waals surface area contributed by atoms with Crippen molar-refractivity contribution in [1.82, 2.24) is 0 Å². The van der Waals surface area contributed by atoms with Gasteiger partial charge >= 0.3 is 0 Å². The van der Waals surface area contributed by atoms with E-state index in [9.17, 15) is 7.77 Å². The van der Waals surface area contributed by atoms with E-state index in [-0.39, 0.29) is 0 Å². The van der Waals surface area contributed by atoms with Crippen LogP contribution in [0.15, 0.2) is 0 Å². The van der Waals surface area contributed by atoms with Crippen LogP contribution >= 0.6 is 0 Å². The molecule has 0 fully saturated rings. The van der Waals surface area contributed by atoms with Gasteiger partial charge in [-0.3, -0.25) is 0 Å². The van der Waals surface area contributed by atoms with Crippen molar-refractivity contribution in [2.75, 3.05) is 6.26 Å². The molecule has 34 valence electrons. The molecule has 0 aromatic rings. The summed E-state index contributed by atoms with van der Waals surface area (Å²) in [5.74, 6) is 0. The Labute approximate surface area is 35.3 Å². The van der Waals surface area contributed by atoms with Crippen molar-refractivity contribution in [3.63, 3.8) is 0 Å². The van der Waals surface area contributed by atoms with Crippen LogP contribution < -0.4 is 0 Å². The van der Waals surface area contributed by atoms with E-state index in [1.54, 1.807) is 0 Å². The summed E-state index contributed by atoms with van der Waals surface area (Å²) in [5, 5.41) is 0. The Bertz CT molecular complexity index is 53.8. The predicted molar refractivity (Wildman–Crippen MR) is 24.3 cm³/mol. The van der Waals surface area contributed by atoms with Gasteiger partial charge in [-0.1, -0.05) is 0 Å². The molecule has 0 amide bonds. The lowest BCUT2D eigenvalue weighted by Gasteiger charge is -1.89. The summed E-state index contributed by atoms with van der Waals surface area (Å²) in [6.45, 7) is 0. The second-order valence-electron chi connectivity index (χ2n) is 0.723. The number of thiol groups is 1. The lowest BCUT2D eigenvalue weighted by Crippen LogP contribution is -1.80. The maximum Gasteiger partial charge on any atom is 0.0482 e. The highest BCUT2D eigenvalue weighted by Crippen LogP contribution is 1.99. The molecule has 0 aliphatic heterocycles. The average Bonchev–Trinajstić information content (AvgIpc) is 0.722. The van der Waals surface area contributed by atoms with Gasteiger partial charge in [0.1, 0.15) is 0 Å². The van der Waals surface area contributed by atoms with Gasteiger partial charge in [0.05, 0.1) is 0 Å². The fraction of sp³-hybridized carbons (Fsp3) is 1.00. The van der Waals surface area contributed by atoms with Crippen LogP contribution in [0.5, 0.6) is 0 Å². The first-order chi connectivity index (χ1) is 2.00. The number of hydrogen-bond donors (Lipinski definition) is 1. The Kier molecular flexibility index (Phi) is 1.37. The van der Waals surface area contributed by atoms with Gasteiger partial charge in [0.25, 0.3) is 0 Å². The van der Waals surface area contributed by atoms with Crippen molar-refractivity contribution in [3.05, 3.63) is 0 Å². The minimum absolute atomic E-state index is 0.780. The summed E-state index contributed by atoms with van der Waals surface area (Å²) >= 11 is 3.60. The first kappa shape index (κ1) is 5.43. The molecule has 0 bridgehead atoms. The summed E-state index contributed by atoms with van der Waals surface area (Å²) in [6, 6.07) is 0. The van der Waals surface area contributed by atoms with E-state index in [0.717, 1.165) is 6.26 Å². The third-order valence-electron chi connectivity index (χ3n) is 0. The molecule has 0 aromatic carbocycles.